The van der Waals surface area contributed by atoms with Crippen LogP contribution in [0.25, 0.3) is 0 Å². The molecule has 1 amide bonds. The van der Waals surface area contributed by atoms with Gasteiger partial charge in [-0.05, 0) is 25.0 Å². The van der Waals surface area contributed by atoms with Crippen LogP contribution in [0.5, 0.6) is 0 Å². The van der Waals surface area contributed by atoms with Crippen LogP contribution >= 0.6 is 0 Å². The normalized spacial score (nSPS) is 12.1. The lowest BCUT2D eigenvalue weighted by Gasteiger charge is -2.16. The smallest absolute Gasteiger partial charge is 0.328 e. The first-order valence-electron chi connectivity index (χ1n) is 7.35. The highest BCUT2D eigenvalue weighted by molar-refractivity contribution is 5.91. The maximum Gasteiger partial charge on any atom is 0.328 e. The quantitative estimate of drug-likeness (QED) is 0.591. The summed E-state index contributed by atoms with van der Waals surface area (Å²) in [5, 5.41) is 2.71. The molecule has 4 nitrogen and oxygen atoms in total. The molecular formula is C17H23NO3. The molecule has 1 atom stereocenters. The number of ether oxygens (including phenoxy) is 1. The standard InChI is InChI=1S/C17H23NO3/c1-3-5-7-12-16(19)18-15(17(20)21-4-2)13-14-10-8-6-9-11-14/h6-12,15H,3-5,13H2,1-2H3,(H,18,19)/b12-7+/t15-/m0/s1. The SMILES string of the molecule is CCC/C=C/C(=O)N[C@@H](Cc1ccccc1)C(=O)OCC. The highest BCUT2D eigenvalue weighted by atomic mass is 16.5. The van der Waals surface area contributed by atoms with Gasteiger partial charge in [-0.15, -0.1) is 0 Å². The molecule has 0 saturated heterocycles. The summed E-state index contributed by atoms with van der Waals surface area (Å²) in [6.45, 7) is 4.09. The van der Waals surface area contributed by atoms with Gasteiger partial charge < -0.3 is 10.1 Å². The second-order valence-electron chi connectivity index (χ2n) is 4.69. The zero-order valence-corrected chi connectivity index (χ0v) is 12.7. The Bertz CT molecular complexity index is 468. The maximum absolute atomic E-state index is 12.0. The number of amides is 1. The van der Waals surface area contributed by atoms with Gasteiger partial charge in [0.15, 0.2) is 0 Å². The molecule has 0 fully saturated rings. The molecule has 1 aromatic rings. The van der Waals surface area contributed by atoms with Gasteiger partial charge in [0.2, 0.25) is 5.91 Å². The number of benzene rings is 1. The van der Waals surface area contributed by atoms with E-state index in [2.05, 4.69) is 5.32 Å². The van der Waals surface area contributed by atoms with Gasteiger partial charge in [-0.25, -0.2) is 4.79 Å². The van der Waals surface area contributed by atoms with Crippen molar-refractivity contribution in [3.8, 4) is 0 Å². The molecule has 114 valence electrons. The van der Waals surface area contributed by atoms with Crippen LogP contribution in [-0.4, -0.2) is 24.5 Å². The van der Waals surface area contributed by atoms with Gasteiger partial charge in [0.1, 0.15) is 6.04 Å². The Morgan fingerprint density at radius 1 is 1.24 bits per heavy atom. The molecule has 0 aliphatic heterocycles. The molecule has 4 heteroatoms. The van der Waals surface area contributed by atoms with Crippen molar-refractivity contribution in [1.29, 1.82) is 0 Å². The largest absolute Gasteiger partial charge is 0.464 e. The minimum Gasteiger partial charge on any atom is -0.464 e. The number of carbonyl (C=O) groups excluding carboxylic acids is 2. The lowest BCUT2D eigenvalue weighted by Crippen LogP contribution is -2.42. The molecule has 1 N–H and O–H groups in total. The number of unbranched alkanes of at least 4 members (excludes halogenated alkanes) is 1. The van der Waals surface area contributed by atoms with Gasteiger partial charge in [0.05, 0.1) is 6.61 Å². The zero-order chi connectivity index (χ0) is 15.5. The van der Waals surface area contributed by atoms with Gasteiger partial charge >= 0.3 is 5.97 Å². The Labute approximate surface area is 126 Å². The number of hydrogen-bond donors (Lipinski definition) is 1. The fraction of sp³-hybridized carbons (Fsp3) is 0.412. The number of carbonyl (C=O) groups is 2. The second-order valence-corrected chi connectivity index (χ2v) is 4.69. The summed E-state index contributed by atoms with van der Waals surface area (Å²) in [5.41, 5.74) is 0.980. The minimum absolute atomic E-state index is 0.266. The first-order chi connectivity index (χ1) is 10.2. The number of esters is 1. The molecule has 0 aromatic heterocycles. The molecule has 0 heterocycles. The molecule has 0 bridgehead atoms. The Morgan fingerprint density at radius 2 is 1.95 bits per heavy atom. The van der Waals surface area contributed by atoms with E-state index in [-0.39, 0.29) is 5.91 Å². The second kappa shape index (κ2) is 9.75. The Kier molecular flexibility index (Phi) is 7.87. The minimum atomic E-state index is -0.661. The summed E-state index contributed by atoms with van der Waals surface area (Å²) in [6, 6.07) is 8.90. The summed E-state index contributed by atoms with van der Waals surface area (Å²) in [5.74, 6) is -0.670. The summed E-state index contributed by atoms with van der Waals surface area (Å²) in [7, 11) is 0. The first-order valence-corrected chi connectivity index (χ1v) is 7.35. The summed E-state index contributed by atoms with van der Waals surface area (Å²) < 4.78 is 5.03. The molecular weight excluding hydrogens is 266 g/mol. The fourth-order valence-corrected chi connectivity index (χ4v) is 1.86. The van der Waals surface area contributed by atoms with Gasteiger partial charge in [-0.3, -0.25) is 4.79 Å². The number of nitrogens with one attached hydrogen (secondary N) is 1. The number of hydrogen-bond acceptors (Lipinski definition) is 3. The monoisotopic (exact) mass is 289 g/mol. The molecule has 0 unspecified atom stereocenters. The van der Waals surface area contributed by atoms with Gasteiger partial charge in [0, 0.05) is 6.42 Å². The van der Waals surface area contributed by atoms with Crippen LogP contribution in [0.1, 0.15) is 32.3 Å². The van der Waals surface area contributed by atoms with Crippen molar-refractivity contribution in [2.75, 3.05) is 6.61 Å². The Balaban J connectivity index is 2.68. The molecule has 21 heavy (non-hydrogen) atoms. The molecule has 0 saturated carbocycles. The van der Waals surface area contributed by atoms with Crippen LogP contribution in [-0.2, 0) is 20.7 Å². The molecule has 0 radical (unpaired) electrons. The van der Waals surface area contributed by atoms with E-state index in [1.54, 1.807) is 13.0 Å². The summed E-state index contributed by atoms with van der Waals surface area (Å²) in [4.78, 5) is 23.8. The van der Waals surface area contributed by atoms with E-state index in [1.807, 2.05) is 37.3 Å². The fourth-order valence-electron chi connectivity index (χ4n) is 1.86. The predicted molar refractivity (Wildman–Crippen MR) is 82.8 cm³/mol. The van der Waals surface area contributed by atoms with E-state index in [4.69, 9.17) is 4.74 Å². The lowest BCUT2D eigenvalue weighted by molar-refractivity contribution is -0.147. The highest BCUT2D eigenvalue weighted by Gasteiger charge is 2.21. The van der Waals surface area contributed by atoms with Crippen LogP contribution < -0.4 is 5.32 Å². The molecule has 0 aliphatic rings. The van der Waals surface area contributed by atoms with Crippen molar-refractivity contribution in [1.82, 2.24) is 5.32 Å². The molecule has 1 aromatic carbocycles. The average molecular weight is 289 g/mol. The van der Waals surface area contributed by atoms with E-state index in [0.29, 0.717) is 13.0 Å². The van der Waals surface area contributed by atoms with Crippen LogP contribution in [0.3, 0.4) is 0 Å². The van der Waals surface area contributed by atoms with E-state index in [1.165, 1.54) is 6.08 Å². The Hall–Kier alpha value is -2.10. The molecule has 1 rings (SSSR count). The predicted octanol–water partition coefficient (Wildman–Crippen LogP) is 2.63. The third-order valence-electron chi connectivity index (χ3n) is 2.89. The van der Waals surface area contributed by atoms with E-state index < -0.39 is 12.0 Å². The maximum atomic E-state index is 12.0. The van der Waals surface area contributed by atoms with Crippen LogP contribution in [0.15, 0.2) is 42.5 Å². The summed E-state index contributed by atoms with van der Waals surface area (Å²) in [6.07, 6.45) is 5.53. The topological polar surface area (TPSA) is 55.4 Å². The number of allylic oxidation sites excluding steroid dienone is 1. The van der Waals surface area contributed by atoms with Crippen molar-refractivity contribution in [3.05, 3.63) is 48.0 Å². The average Bonchev–Trinajstić information content (AvgIpc) is 2.48. The van der Waals surface area contributed by atoms with Crippen molar-refractivity contribution in [3.63, 3.8) is 0 Å². The molecule has 0 spiro atoms. The van der Waals surface area contributed by atoms with Crippen LogP contribution in [0.2, 0.25) is 0 Å². The third-order valence-corrected chi connectivity index (χ3v) is 2.89. The van der Waals surface area contributed by atoms with Crippen LogP contribution in [0, 0.1) is 0 Å². The zero-order valence-electron chi connectivity index (χ0n) is 12.7. The number of rotatable bonds is 8. The third kappa shape index (κ3) is 6.75. The van der Waals surface area contributed by atoms with Gasteiger partial charge in [-0.2, -0.15) is 0 Å². The van der Waals surface area contributed by atoms with Crippen LogP contribution in [0.4, 0.5) is 0 Å². The lowest BCUT2D eigenvalue weighted by atomic mass is 10.1. The first kappa shape index (κ1) is 17.0. The van der Waals surface area contributed by atoms with Crippen molar-refractivity contribution in [2.24, 2.45) is 0 Å². The van der Waals surface area contributed by atoms with Gasteiger partial charge in [0.25, 0.3) is 0 Å². The van der Waals surface area contributed by atoms with Crippen molar-refractivity contribution in [2.45, 2.75) is 39.2 Å². The Morgan fingerprint density at radius 3 is 2.57 bits per heavy atom. The van der Waals surface area contributed by atoms with E-state index in [9.17, 15) is 9.59 Å². The van der Waals surface area contributed by atoms with E-state index >= 15 is 0 Å². The highest BCUT2D eigenvalue weighted by Crippen LogP contribution is 2.05. The van der Waals surface area contributed by atoms with Crippen molar-refractivity contribution < 1.29 is 14.3 Å². The van der Waals surface area contributed by atoms with Crippen molar-refractivity contribution >= 4 is 11.9 Å². The molecule has 0 aliphatic carbocycles. The summed E-state index contributed by atoms with van der Waals surface area (Å²) >= 11 is 0. The van der Waals surface area contributed by atoms with E-state index in [0.717, 1.165) is 18.4 Å². The van der Waals surface area contributed by atoms with Gasteiger partial charge in [-0.1, -0.05) is 49.8 Å².